The quantitative estimate of drug-likeness (QED) is 0.241. The van der Waals surface area contributed by atoms with E-state index in [0.29, 0.717) is 0 Å². The van der Waals surface area contributed by atoms with Crippen LogP contribution < -0.4 is 15.1 Å². The highest BCUT2D eigenvalue weighted by molar-refractivity contribution is 5.64. The molecule has 1 amide bonds. The van der Waals surface area contributed by atoms with Crippen molar-refractivity contribution in [2.45, 2.75) is 50.5 Å². The minimum absolute atomic E-state index is 0.139. The van der Waals surface area contributed by atoms with Crippen LogP contribution in [0.3, 0.4) is 0 Å². The van der Waals surface area contributed by atoms with Crippen LogP contribution in [-0.4, -0.2) is 92.1 Å². The van der Waals surface area contributed by atoms with Gasteiger partial charge in [0.05, 0.1) is 17.4 Å². The lowest BCUT2D eigenvalue weighted by Crippen LogP contribution is -2.58. The normalized spacial score (nSPS) is 20.0. The monoisotopic (exact) mass is 606 g/mol. The molecule has 0 spiro atoms. The lowest BCUT2D eigenvalue weighted by atomic mass is 9.82. The van der Waals surface area contributed by atoms with E-state index in [1.807, 2.05) is 27.5 Å². The number of pyridine rings is 1. The maximum Gasteiger partial charge on any atom is 0.207 e. The number of hydrogen-bond donors (Lipinski definition) is 1. The summed E-state index contributed by atoms with van der Waals surface area (Å²) in [6.07, 6.45) is 14.0. The number of fused-ring (bicyclic) bond motifs is 2. The van der Waals surface area contributed by atoms with E-state index in [4.69, 9.17) is 10.1 Å². The lowest BCUT2D eigenvalue weighted by molar-refractivity contribution is -0.111. The predicted molar refractivity (Wildman–Crippen MR) is 176 cm³/mol. The molecule has 2 aliphatic heterocycles. The van der Waals surface area contributed by atoms with Gasteiger partial charge < -0.3 is 24.4 Å². The Kier molecular flexibility index (Phi) is 7.64. The molecule has 2 fully saturated rings. The van der Waals surface area contributed by atoms with Crippen molar-refractivity contribution in [3.05, 3.63) is 84.3 Å². The second kappa shape index (κ2) is 11.8. The molecule has 0 radical (unpaired) electrons. The van der Waals surface area contributed by atoms with Gasteiger partial charge in [0.15, 0.2) is 22.9 Å². The van der Waals surface area contributed by atoms with E-state index < -0.39 is 0 Å². The van der Waals surface area contributed by atoms with Gasteiger partial charge in [-0.15, -0.1) is 0 Å². The predicted octanol–water partition coefficient (Wildman–Crippen LogP) is 3.51. The number of benzene rings is 1. The molecule has 1 atom stereocenters. The van der Waals surface area contributed by atoms with E-state index >= 15 is 0 Å². The third-order valence-corrected chi connectivity index (χ3v) is 9.92. The van der Waals surface area contributed by atoms with Crippen LogP contribution in [0.4, 0.5) is 11.5 Å². The molecule has 0 aliphatic carbocycles. The van der Waals surface area contributed by atoms with Gasteiger partial charge in [-0.25, -0.2) is 19.5 Å². The second-order valence-corrected chi connectivity index (χ2v) is 13.2. The summed E-state index contributed by atoms with van der Waals surface area (Å²) in [4.78, 5) is 32.8. The van der Waals surface area contributed by atoms with Gasteiger partial charge in [0.2, 0.25) is 6.41 Å². The van der Waals surface area contributed by atoms with Gasteiger partial charge in [-0.1, -0.05) is 37.3 Å². The molecule has 7 rings (SSSR count). The van der Waals surface area contributed by atoms with Gasteiger partial charge in [-0.2, -0.15) is 5.10 Å². The molecule has 1 N–H and O–H groups in total. The van der Waals surface area contributed by atoms with Crippen LogP contribution in [0.5, 0.6) is 0 Å². The van der Waals surface area contributed by atoms with E-state index in [9.17, 15) is 4.79 Å². The highest BCUT2D eigenvalue weighted by Gasteiger charge is 2.37. The molecule has 0 bridgehead atoms. The Morgan fingerprint density at radius 1 is 1.00 bits per heavy atom. The number of carbonyl (C=O) groups is 1. The first-order valence-electron chi connectivity index (χ1n) is 15.9. The van der Waals surface area contributed by atoms with Gasteiger partial charge in [-0.3, -0.25) is 4.79 Å². The van der Waals surface area contributed by atoms with Crippen LogP contribution in [0.2, 0.25) is 0 Å². The van der Waals surface area contributed by atoms with Crippen molar-refractivity contribution in [2.24, 2.45) is 0 Å². The van der Waals surface area contributed by atoms with Crippen LogP contribution in [0.1, 0.15) is 43.1 Å². The Balaban J connectivity index is 0.987. The Hall–Kier alpha value is -4.51. The molecule has 2 saturated heterocycles. The SMILES string of the molecule is Cc1cc(N2CC[C@](C)(c3ccccc3)C2)cn2nc(CCN(C)CC3(NC=O)CCN(c4nccn5ccnc45)CC3)nc12. The van der Waals surface area contributed by atoms with Crippen LogP contribution in [0.15, 0.2) is 67.4 Å². The second-order valence-electron chi connectivity index (χ2n) is 13.2. The highest BCUT2D eigenvalue weighted by atomic mass is 16.1. The Labute approximate surface area is 263 Å². The number of amides is 1. The first kappa shape index (κ1) is 29.2. The summed E-state index contributed by atoms with van der Waals surface area (Å²) in [5.41, 5.74) is 5.34. The van der Waals surface area contributed by atoms with Crippen LogP contribution in [0, 0.1) is 6.92 Å². The number of nitrogens with zero attached hydrogens (tertiary/aromatic N) is 9. The molecule has 2 aliphatic rings. The summed E-state index contributed by atoms with van der Waals surface area (Å²) in [6.45, 7) is 9.65. The summed E-state index contributed by atoms with van der Waals surface area (Å²) in [7, 11) is 2.11. The lowest BCUT2D eigenvalue weighted by Gasteiger charge is -2.43. The van der Waals surface area contributed by atoms with E-state index in [0.717, 1.165) is 99.9 Å². The van der Waals surface area contributed by atoms with Gasteiger partial charge in [-0.05, 0) is 50.4 Å². The van der Waals surface area contributed by atoms with Crippen molar-refractivity contribution in [3.63, 3.8) is 0 Å². The van der Waals surface area contributed by atoms with E-state index in [-0.39, 0.29) is 11.0 Å². The molecule has 234 valence electrons. The van der Waals surface area contributed by atoms with Crippen molar-refractivity contribution < 1.29 is 4.79 Å². The number of aryl methyl sites for hydroxylation is 1. The average molecular weight is 607 g/mol. The van der Waals surface area contributed by atoms with E-state index in [2.05, 4.69) is 93.5 Å². The zero-order valence-corrected chi connectivity index (χ0v) is 26.4. The molecule has 45 heavy (non-hydrogen) atoms. The number of piperidine rings is 1. The standard InChI is InChI=1S/C34H42N10O/c1-26-21-28(43-16-10-33(2,23-43)27-7-5-4-6-8-27)22-44-30(26)38-29(39-44)9-15-40(3)24-34(37-25-45)11-17-41(18-12-34)31-32-36-14-20-42(32)19-13-35-31/h4-8,13-14,19-22,25H,9-12,15-18,23-24H2,1-3H3,(H,37,45)/t33-/m0/s1. The van der Waals surface area contributed by atoms with E-state index in [1.54, 1.807) is 6.20 Å². The molecular weight excluding hydrogens is 564 g/mol. The number of carbonyl (C=O) groups excluding carboxylic acids is 1. The third kappa shape index (κ3) is 5.72. The number of nitrogens with one attached hydrogen (secondary N) is 1. The first-order valence-corrected chi connectivity index (χ1v) is 15.9. The van der Waals surface area contributed by atoms with E-state index in [1.165, 1.54) is 11.3 Å². The maximum atomic E-state index is 11.7. The third-order valence-electron chi connectivity index (χ3n) is 9.92. The average Bonchev–Trinajstić information content (AvgIpc) is 3.80. The number of hydrogen-bond acceptors (Lipinski definition) is 8. The molecule has 1 aromatic carbocycles. The zero-order chi connectivity index (χ0) is 31.0. The smallest absolute Gasteiger partial charge is 0.207 e. The molecule has 0 unspecified atom stereocenters. The number of aromatic nitrogens is 6. The molecule has 4 aromatic heterocycles. The van der Waals surface area contributed by atoms with Gasteiger partial charge in [0.25, 0.3) is 0 Å². The fourth-order valence-corrected chi connectivity index (χ4v) is 7.28. The highest BCUT2D eigenvalue weighted by Crippen LogP contribution is 2.37. The van der Waals surface area contributed by atoms with Crippen molar-refractivity contribution in [2.75, 3.05) is 56.1 Å². The number of imidazole rings is 1. The Morgan fingerprint density at radius 2 is 1.76 bits per heavy atom. The molecule has 11 nitrogen and oxygen atoms in total. The molecular formula is C34H42N10O. The number of anilines is 2. The van der Waals surface area contributed by atoms with Crippen molar-refractivity contribution >= 4 is 29.2 Å². The summed E-state index contributed by atoms with van der Waals surface area (Å²) < 4.78 is 3.95. The zero-order valence-electron chi connectivity index (χ0n) is 26.4. The van der Waals surface area contributed by atoms with Crippen LogP contribution in [-0.2, 0) is 16.6 Å². The minimum atomic E-state index is -0.296. The summed E-state index contributed by atoms with van der Waals surface area (Å²) in [6, 6.07) is 13.1. The topological polar surface area (TPSA) is 99.2 Å². The number of likely N-dealkylation sites (N-methyl/N-ethyl adjacent to an activating group) is 1. The van der Waals surface area contributed by atoms with Gasteiger partial charge >= 0.3 is 0 Å². The van der Waals surface area contributed by atoms with Crippen LogP contribution >= 0.6 is 0 Å². The van der Waals surface area contributed by atoms with Crippen molar-refractivity contribution in [1.82, 2.24) is 39.2 Å². The summed E-state index contributed by atoms with van der Waals surface area (Å²) in [5, 5.41) is 8.07. The van der Waals surface area contributed by atoms with Crippen molar-refractivity contribution in [3.8, 4) is 0 Å². The molecule has 11 heteroatoms. The molecule has 5 aromatic rings. The van der Waals surface area contributed by atoms with Crippen molar-refractivity contribution in [1.29, 1.82) is 0 Å². The Bertz CT molecular complexity index is 1790. The largest absolute Gasteiger partial charge is 0.369 e. The van der Waals surface area contributed by atoms with Gasteiger partial charge in [0.1, 0.15) is 0 Å². The number of rotatable bonds is 10. The van der Waals surface area contributed by atoms with Gasteiger partial charge in [0, 0.05) is 75.9 Å². The molecule has 0 saturated carbocycles. The first-order chi connectivity index (χ1) is 21.8. The summed E-state index contributed by atoms with van der Waals surface area (Å²) >= 11 is 0. The Morgan fingerprint density at radius 3 is 2.53 bits per heavy atom. The fourth-order valence-electron chi connectivity index (χ4n) is 7.28. The maximum absolute atomic E-state index is 11.7. The minimum Gasteiger partial charge on any atom is -0.369 e. The summed E-state index contributed by atoms with van der Waals surface area (Å²) in [5.74, 6) is 1.73. The molecule has 6 heterocycles. The van der Waals surface area contributed by atoms with Crippen LogP contribution in [0.25, 0.3) is 11.3 Å². The fraction of sp³-hybridized carbons (Fsp3) is 0.441.